The zero-order chi connectivity index (χ0) is 13.9. The highest BCUT2D eigenvalue weighted by Gasteiger charge is 2.19. The van der Waals surface area contributed by atoms with Crippen LogP contribution in [0.4, 0.5) is 9.18 Å². The molecule has 5 nitrogen and oxygen atoms in total. The van der Waals surface area contributed by atoms with E-state index in [0.717, 1.165) is 11.3 Å². The predicted octanol–water partition coefficient (Wildman–Crippen LogP) is 2.62. The van der Waals surface area contributed by atoms with E-state index in [1.165, 1.54) is 6.07 Å². The Bertz CT molecular complexity index is 471. The normalized spacial score (nSPS) is 10.6. The van der Waals surface area contributed by atoms with Crippen LogP contribution in [0.5, 0.6) is 0 Å². The smallest absolute Gasteiger partial charge is 0.413 e. The lowest BCUT2D eigenvalue weighted by Gasteiger charge is -2.19. The minimum absolute atomic E-state index is 0. The van der Waals surface area contributed by atoms with Crippen LogP contribution in [-0.4, -0.2) is 17.5 Å². The van der Waals surface area contributed by atoms with Crippen LogP contribution in [-0.2, 0) is 11.3 Å². The molecule has 1 amide bonds. The molecule has 8 heteroatoms. The van der Waals surface area contributed by atoms with Gasteiger partial charge >= 0.3 is 6.09 Å². The Balaban J connectivity index is 0.00000324. The topological polar surface area (TPSA) is 88.2 Å². The second-order valence-corrected chi connectivity index (χ2v) is 5.69. The molecule has 108 valence electrons. The van der Waals surface area contributed by atoms with Gasteiger partial charge in [-0.1, -0.05) is 0 Å². The fraction of sp³-hybridized carbons (Fsp3) is 0.455. The maximum absolute atomic E-state index is 13.5. The lowest BCUT2D eigenvalue weighted by atomic mass is 10.2. The van der Waals surface area contributed by atoms with Crippen molar-refractivity contribution >= 4 is 35.7 Å². The number of nitrogens with one attached hydrogen (secondary N) is 2. The van der Waals surface area contributed by atoms with E-state index < -0.39 is 16.8 Å². The van der Waals surface area contributed by atoms with E-state index in [0.29, 0.717) is 4.88 Å². The van der Waals surface area contributed by atoms with Gasteiger partial charge in [0.2, 0.25) is 0 Å². The molecule has 0 atom stereocenters. The Morgan fingerprint density at radius 3 is 2.58 bits per heavy atom. The average Bonchev–Trinajstić information content (AvgIpc) is 2.56. The Morgan fingerprint density at radius 2 is 2.16 bits per heavy atom. The molecule has 0 aliphatic heterocycles. The molecular weight excluding hydrogens is 293 g/mol. The minimum Gasteiger partial charge on any atom is -0.444 e. The summed E-state index contributed by atoms with van der Waals surface area (Å²) in [7, 11) is 0. The molecule has 1 rings (SSSR count). The minimum atomic E-state index is -0.785. The first-order chi connectivity index (χ1) is 8.23. The highest BCUT2D eigenvalue weighted by molar-refractivity contribution is 7.10. The van der Waals surface area contributed by atoms with Crippen molar-refractivity contribution in [2.75, 3.05) is 0 Å². The summed E-state index contributed by atoms with van der Waals surface area (Å²) in [4.78, 5) is 12.0. The first-order valence-corrected chi connectivity index (χ1v) is 6.12. The number of halogens is 2. The van der Waals surface area contributed by atoms with Crippen molar-refractivity contribution in [3.63, 3.8) is 0 Å². The molecule has 0 aromatic carbocycles. The van der Waals surface area contributed by atoms with Crippen LogP contribution in [0.15, 0.2) is 6.07 Å². The zero-order valence-corrected chi connectivity index (χ0v) is 12.5. The number of ether oxygens (including phenoxy) is 1. The van der Waals surface area contributed by atoms with Gasteiger partial charge in [-0.3, -0.25) is 10.7 Å². The van der Waals surface area contributed by atoms with Gasteiger partial charge in [-0.05, 0) is 26.8 Å². The molecule has 0 saturated heterocycles. The van der Waals surface area contributed by atoms with Crippen molar-refractivity contribution in [2.45, 2.75) is 32.9 Å². The van der Waals surface area contributed by atoms with E-state index in [9.17, 15) is 9.18 Å². The van der Waals surface area contributed by atoms with E-state index >= 15 is 0 Å². The Hall–Kier alpha value is -1.18. The quantitative estimate of drug-likeness (QED) is 0.579. The van der Waals surface area contributed by atoms with Gasteiger partial charge in [0.25, 0.3) is 0 Å². The van der Waals surface area contributed by atoms with Crippen molar-refractivity contribution in [1.82, 2.24) is 5.32 Å². The van der Waals surface area contributed by atoms with Gasteiger partial charge in [0.1, 0.15) is 11.4 Å². The van der Waals surface area contributed by atoms with E-state index in [2.05, 4.69) is 5.32 Å². The highest BCUT2D eigenvalue weighted by atomic mass is 35.5. The standard InChI is InChI=1S/C11H16FN3O2S.ClH/c1-11(2,3)17-10(16)15-9(14)7-4-6(5-13)18-8(7)12;/h4H,5,13H2,1-3H3,(H2,14,15,16);1H. The number of nitrogens with two attached hydrogens (primary N) is 1. The molecule has 0 aliphatic carbocycles. The number of amidine groups is 1. The second-order valence-electron chi connectivity index (χ2n) is 4.61. The van der Waals surface area contributed by atoms with Crippen LogP contribution in [0.2, 0.25) is 0 Å². The third-order valence-corrected chi connectivity index (χ3v) is 2.78. The number of carbonyl (C=O) groups excluding carboxylic acids is 1. The summed E-state index contributed by atoms with van der Waals surface area (Å²) in [5.41, 5.74) is 4.73. The first-order valence-electron chi connectivity index (χ1n) is 5.30. The molecule has 1 heterocycles. The number of hydrogen-bond donors (Lipinski definition) is 3. The summed E-state index contributed by atoms with van der Waals surface area (Å²) in [5.74, 6) is -0.335. The Labute approximate surface area is 121 Å². The summed E-state index contributed by atoms with van der Waals surface area (Å²) in [6, 6.07) is 1.44. The third kappa shape index (κ3) is 5.54. The molecule has 0 bridgehead atoms. The number of amides is 1. The molecule has 4 N–H and O–H groups in total. The summed E-state index contributed by atoms with van der Waals surface area (Å²) in [6.07, 6.45) is -0.785. The predicted molar refractivity (Wildman–Crippen MR) is 75.6 cm³/mol. The van der Waals surface area contributed by atoms with Gasteiger partial charge in [0.05, 0.1) is 5.56 Å². The largest absolute Gasteiger partial charge is 0.444 e. The number of alkyl carbamates (subject to hydrolysis) is 1. The summed E-state index contributed by atoms with van der Waals surface area (Å²) >= 11 is 0.858. The van der Waals surface area contributed by atoms with E-state index in [-0.39, 0.29) is 30.4 Å². The molecule has 1 aromatic rings. The van der Waals surface area contributed by atoms with Crippen molar-refractivity contribution in [3.8, 4) is 0 Å². The van der Waals surface area contributed by atoms with Gasteiger partial charge in [0.15, 0.2) is 5.13 Å². The van der Waals surface area contributed by atoms with Crippen molar-refractivity contribution in [1.29, 1.82) is 5.41 Å². The van der Waals surface area contributed by atoms with Gasteiger partial charge in [-0.2, -0.15) is 4.39 Å². The average molecular weight is 310 g/mol. The molecule has 0 spiro atoms. The van der Waals surface area contributed by atoms with Crippen LogP contribution in [0.25, 0.3) is 0 Å². The second kappa shape index (κ2) is 6.83. The monoisotopic (exact) mass is 309 g/mol. The molecule has 19 heavy (non-hydrogen) atoms. The van der Waals surface area contributed by atoms with Crippen molar-refractivity contribution in [3.05, 3.63) is 21.6 Å². The Morgan fingerprint density at radius 1 is 1.58 bits per heavy atom. The molecule has 0 aliphatic rings. The fourth-order valence-corrected chi connectivity index (χ4v) is 1.92. The van der Waals surface area contributed by atoms with Crippen LogP contribution < -0.4 is 11.1 Å². The number of thiophene rings is 1. The van der Waals surface area contributed by atoms with E-state index in [4.69, 9.17) is 15.9 Å². The fourth-order valence-electron chi connectivity index (χ4n) is 1.16. The molecule has 0 unspecified atom stereocenters. The van der Waals surface area contributed by atoms with E-state index in [1.807, 2.05) is 0 Å². The van der Waals surface area contributed by atoms with Gasteiger partial charge in [0, 0.05) is 11.4 Å². The van der Waals surface area contributed by atoms with Crippen molar-refractivity contribution < 1.29 is 13.9 Å². The highest BCUT2D eigenvalue weighted by Crippen LogP contribution is 2.20. The first kappa shape index (κ1) is 17.8. The molecular formula is C11H17ClFN3O2S. The van der Waals surface area contributed by atoms with Crippen LogP contribution >= 0.6 is 23.7 Å². The lowest BCUT2D eigenvalue weighted by molar-refractivity contribution is 0.0563. The Kier molecular flexibility index (Phi) is 6.41. The molecule has 0 saturated carbocycles. The number of rotatable bonds is 2. The maximum Gasteiger partial charge on any atom is 0.413 e. The molecule has 0 fully saturated rings. The van der Waals surface area contributed by atoms with Crippen LogP contribution in [0.3, 0.4) is 0 Å². The molecule has 1 aromatic heterocycles. The third-order valence-electron chi connectivity index (χ3n) is 1.83. The van der Waals surface area contributed by atoms with Crippen LogP contribution in [0, 0.1) is 10.5 Å². The zero-order valence-electron chi connectivity index (χ0n) is 10.9. The maximum atomic E-state index is 13.5. The summed E-state index contributed by atoms with van der Waals surface area (Å²) in [6.45, 7) is 5.30. The van der Waals surface area contributed by atoms with Gasteiger partial charge in [-0.25, -0.2) is 4.79 Å². The van der Waals surface area contributed by atoms with Gasteiger partial charge < -0.3 is 10.5 Å². The summed E-state index contributed by atoms with van der Waals surface area (Å²) < 4.78 is 18.4. The SMILES string of the molecule is CC(C)(C)OC(=O)NC(=N)c1cc(CN)sc1F.Cl. The van der Waals surface area contributed by atoms with E-state index in [1.54, 1.807) is 20.8 Å². The van der Waals surface area contributed by atoms with Crippen LogP contribution in [0.1, 0.15) is 31.2 Å². The summed E-state index contributed by atoms with van der Waals surface area (Å²) in [5, 5.41) is 9.25. The molecule has 0 radical (unpaired) electrons. The number of carbonyl (C=O) groups is 1. The van der Waals surface area contributed by atoms with Gasteiger partial charge in [-0.15, -0.1) is 23.7 Å². The van der Waals surface area contributed by atoms with Crippen molar-refractivity contribution in [2.24, 2.45) is 5.73 Å². The number of hydrogen-bond acceptors (Lipinski definition) is 5. The lowest BCUT2D eigenvalue weighted by Crippen LogP contribution is -2.36.